The van der Waals surface area contributed by atoms with E-state index in [4.69, 9.17) is 5.21 Å². The van der Waals surface area contributed by atoms with Gasteiger partial charge in [0.2, 0.25) is 0 Å². The number of rotatable bonds is 0. The largest absolute Gasteiger partial charge is 1.00 e. The van der Waals surface area contributed by atoms with Gasteiger partial charge < -0.3 is 18.1 Å². The fraction of sp³-hybridized carbons (Fsp3) is 0. The number of urea groups is 1. The molecule has 0 aliphatic heterocycles. The fourth-order valence-corrected chi connectivity index (χ4v) is 0. The first kappa shape index (κ1) is 15.6. The van der Waals surface area contributed by atoms with Crippen LogP contribution in [0.1, 0.15) is 0 Å². The summed E-state index contributed by atoms with van der Waals surface area (Å²) in [4.78, 5) is 9.23. The van der Waals surface area contributed by atoms with Crippen LogP contribution in [0.25, 0.3) is 0 Å². The van der Waals surface area contributed by atoms with E-state index in [9.17, 15) is 4.79 Å². The summed E-state index contributed by atoms with van der Waals surface area (Å²) < 4.78 is 0. The van der Waals surface area contributed by atoms with E-state index in [2.05, 4.69) is 5.73 Å². The minimum Gasteiger partial charge on any atom is -1.00 e. The van der Waals surface area contributed by atoms with Gasteiger partial charge in [0, 0.05) is 0 Å². The Morgan fingerprint density at radius 1 is 1.71 bits per heavy atom. The van der Waals surface area contributed by atoms with Gasteiger partial charge in [-0.1, -0.05) is 0 Å². The molecule has 0 saturated carbocycles. The van der Waals surface area contributed by atoms with Gasteiger partial charge in [-0.25, -0.2) is 10.3 Å². The Labute approximate surface area is 69.1 Å². The number of amides is 2. The molecule has 0 aliphatic rings. The van der Waals surface area contributed by atoms with Crippen LogP contribution in [-0.2, 0) is 0 Å². The number of nitrogens with two attached hydrogens (primary N) is 1. The molecule has 0 rings (SSSR count). The number of primary amides is 1. The Balaban J connectivity index is -0.0000000800. The van der Waals surface area contributed by atoms with Crippen molar-refractivity contribution >= 4 is 6.03 Å². The third-order valence-electron chi connectivity index (χ3n) is 0.110. The second-order valence-electron chi connectivity index (χ2n) is 0.476. The summed E-state index contributed by atoms with van der Waals surface area (Å²) in [6.45, 7) is 0. The predicted octanol–water partition coefficient (Wildman–Crippen LogP) is -6.95. The maximum absolute atomic E-state index is 9.23. The van der Waals surface area contributed by atoms with Crippen molar-refractivity contribution in [2.45, 2.75) is 0 Å². The molecule has 0 saturated heterocycles. The third-order valence-corrected chi connectivity index (χ3v) is 0.110. The van der Waals surface area contributed by atoms with E-state index in [1.54, 1.807) is 0 Å². The van der Waals surface area contributed by atoms with Gasteiger partial charge >= 0.3 is 35.6 Å². The van der Waals surface area contributed by atoms with Crippen LogP contribution in [0, 0.1) is 0 Å². The van der Waals surface area contributed by atoms with Crippen LogP contribution >= 0.6 is 0 Å². The number of hydroxylamine groups is 1. The summed E-state index contributed by atoms with van der Waals surface area (Å²) >= 11 is 0. The van der Waals surface area contributed by atoms with Crippen molar-refractivity contribution in [1.29, 1.82) is 0 Å². The quantitative estimate of drug-likeness (QED) is 0.175. The van der Waals surface area contributed by atoms with Crippen LogP contribution in [0.5, 0.6) is 0 Å². The van der Waals surface area contributed by atoms with Crippen molar-refractivity contribution in [2.24, 2.45) is 5.73 Å². The van der Waals surface area contributed by atoms with E-state index in [0.29, 0.717) is 0 Å². The molecule has 0 radical (unpaired) electrons. The second kappa shape index (κ2) is 9.72. The van der Waals surface area contributed by atoms with E-state index in [1.807, 2.05) is 0 Å². The molecule has 0 aromatic rings. The molecule has 2 amide bonds. The predicted molar refractivity (Wildman–Crippen MR) is 14.5 cm³/mol. The molecule has 0 atom stereocenters. The molecule has 0 bridgehead atoms. The number of carbonyl (C=O) groups excluding carboxylic acids is 1. The normalized spacial score (nSPS) is 4.71. The minimum atomic E-state index is -0.940. The van der Waals surface area contributed by atoms with Gasteiger partial charge in [0.1, 0.15) is 0 Å². The van der Waals surface area contributed by atoms with Crippen molar-refractivity contribution in [1.82, 2.24) is 5.48 Å². The number of nitrogens with one attached hydrogen (secondary N) is 1. The van der Waals surface area contributed by atoms with Gasteiger partial charge in [-0.2, -0.15) is 0 Å². The minimum absolute atomic E-state index is 0. The van der Waals surface area contributed by atoms with Crippen LogP contribution in [-0.4, -0.2) is 11.2 Å². The Bertz CT molecular complexity index is 51.0. The summed E-state index contributed by atoms with van der Waals surface area (Å²) in [5.74, 6) is 0. The van der Waals surface area contributed by atoms with E-state index < -0.39 is 6.03 Å². The number of halogens is 1. The Morgan fingerprint density at radius 2 is 1.86 bits per heavy atom. The monoisotopic (exact) mass is 134 g/mol. The third kappa shape index (κ3) is 21.0. The molecule has 0 aliphatic carbocycles. The molecular formula is CH4ClN2NaO2. The summed E-state index contributed by atoms with van der Waals surface area (Å²) in [5, 5.41) is 7.42. The smallest absolute Gasteiger partial charge is 1.00 e. The maximum Gasteiger partial charge on any atom is 1.00 e. The number of carbonyl (C=O) groups is 1. The molecule has 0 aromatic carbocycles. The van der Waals surface area contributed by atoms with Crippen LogP contribution in [0.4, 0.5) is 4.79 Å². The topological polar surface area (TPSA) is 75.4 Å². The first-order chi connectivity index (χ1) is 2.27. The molecule has 38 valence electrons. The van der Waals surface area contributed by atoms with Crippen molar-refractivity contribution in [3.63, 3.8) is 0 Å². The van der Waals surface area contributed by atoms with E-state index in [1.165, 1.54) is 5.48 Å². The number of hydrogen-bond acceptors (Lipinski definition) is 2. The van der Waals surface area contributed by atoms with Gasteiger partial charge in [0.05, 0.1) is 0 Å². The Morgan fingerprint density at radius 3 is 1.86 bits per heavy atom. The zero-order chi connectivity index (χ0) is 4.28. The van der Waals surface area contributed by atoms with Gasteiger partial charge in [-0.05, 0) is 0 Å². The van der Waals surface area contributed by atoms with E-state index in [0.717, 1.165) is 0 Å². The molecule has 6 heteroatoms. The summed E-state index contributed by atoms with van der Waals surface area (Å²) in [6, 6.07) is -0.940. The van der Waals surface area contributed by atoms with Crippen LogP contribution < -0.4 is 53.2 Å². The van der Waals surface area contributed by atoms with Gasteiger partial charge in [-0.3, -0.25) is 5.21 Å². The maximum atomic E-state index is 9.23. The number of hydrogen-bond donors (Lipinski definition) is 3. The summed E-state index contributed by atoms with van der Waals surface area (Å²) in [7, 11) is 0. The summed E-state index contributed by atoms with van der Waals surface area (Å²) in [5.41, 5.74) is 5.46. The standard InChI is InChI=1S/CH4N2O2.ClH.Na/c2-1(4)3-5;;/h5H,(H3,2,3,4);1H;/q;;+1/p-1. The van der Waals surface area contributed by atoms with Gasteiger partial charge in [-0.15, -0.1) is 0 Å². The molecule has 0 aromatic heterocycles. The zero-order valence-electron chi connectivity index (χ0n) is 3.81. The average molecular weight is 134 g/mol. The molecule has 0 fully saturated rings. The molecule has 7 heavy (non-hydrogen) atoms. The molecular weight excluding hydrogens is 130 g/mol. The molecule has 4 N–H and O–H groups in total. The first-order valence-electron chi connectivity index (χ1n) is 0.966. The fourth-order valence-electron chi connectivity index (χ4n) is 0. The van der Waals surface area contributed by atoms with Gasteiger partial charge in [0.25, 0.3) is 0 Å². The zero-order valence-corrected chi connectivity index (χ0v) is 6.57. The molecule has 0 heterocycles. The van der Waals surface area contributed by atoms with Crippen LogP contribution in [0.15, 0.2) is 0 Å². The van der Waals surface area contributed by atoms with Crippen molar-refractivity contribution < 1.29 is 52.0 Å². The van der Waals surface area contributed by atoms with Crippen molar-refractivity contribution in [2.75, 3.05) is 0 Å². The Kier molecular flexibility index (Phi) is 21.7. The van der Waals surface area contributed by atoms with Crippen LogP contribution in [0.2, 0.25) is 0 Å². The van der Waals surface area contributed by atoms with Crippen molar-refractivity contribution in [3.05, 3.63) is 0 Å². The molecule has 0 unspecified atom stereocenters. The Hall–Kier alpha value is 0.520. The van der Waals surface area contributed by atoms with Crippen molar-refractivity contribution in [3.8, 4) is 0 Å². The van der Waals surface area contributed by atoms with E-state index in [-0.39, 0.29) is 42.0 Å². The van der Waals surface area contributed by atoms with E-state index >= 15 is 0 Å². The van der Waals surface area contributed by atoms with Gasteiger partial charge in [0.15, 0.2) is 0 Å². The molecule has 0 spiro atoms. The van der Waals surface area contributed by atoms with Crippen LogP contribution in [0.3, 0.4) is 0 Å². The SMILES string of the molecule is NC(=O)NO.[Cl-].[Na+]. The second-order valence-corrected chi connectivity index (χ2v) is 0.476. The summed E-state index contributed by atoms with van der Waals surface area (Å²) in [6.07, 6.45) is 0. The average Bonchev–Trinajstić information content (AvgIpc) is 1.38. The molecule has 4 nitrogen and oxygen atoms in total. The first-order valence-corrected chi connectivity index (χ1v) is 0.966.